The van der Waals surface area contributed by atoms with Crippen molar-refractivity contribution in [2.75, 3.05) is 4.31 Å². The molecule has 1 aromatic carbocycles. The van der Waals surface area contributed by atoms with E-state index in [0.29, 0.717) is 10.9 Å². The van der Waals surface area contributed by atoms with E-state index < -0.39 is 0 Å². The Hall–Kier alpha value is -1.25. The second-order valence-corrected chi connectivity index (χ2v) is 8.47. The molecule has 0 fully saturated rings. The summed E-state index contributed by atoms with van der Waals surface area (Å²) in [5.74, 6) is 0.675. The molecule has 0 atom stereocenters. The number of thiazole rings is 1. The predicted molar refractivity (Wildman–Crippen MR) is 106 cm³/mol. The lowest BCUT2D eigenvalue weighted by molar-refractivity contribution is 0.241. The summed E-state index contributed by atoms with van der Waals surface area (Å²) in [4.78, 5) is 16.6. The number of carbonyl (C=O) groups is 1. The van der Waals surface area contributed by atoms with Crippen LogP contribution >= 0.6 is 40.1 Å². The van der Waals surface area contributed by atoms with Gasteiger partial charge >= 0.3 is 6.03 Å². The van der Waals surface area contributed by atoms with Crippen LogP contribution in [0.25, 0.3) is 0 Å². The van der Waals surface area contributed by atoms with Crippen LogP contribution < -0.4 is 14.4 Å². The van der Waals surface area contributed by atoms with Crippen LogP contribution in [-0.4, -0.2) is 16.6 Å². The fraction of sp³-hybridized carbons (Fsp3) is 0.375. The Morgan fingerprint density at radius 1 is 1.33 bits per heavy atom. The van der Waals surface area contributed by atoms with Crippen LogP contribution in [0.2, 0.25) is 0 Å². The number of hydrogen-bond acceptors (Lipinski definition) is 5. The van der Waals surface area contributed by atoms with Crippen LogP contribution in [0.3, 0.4) is 0 Å². The minimum Gasteiger partial charge on any atom is -0.431 e. The van der Waals surface area contributed by atoms with Crippen molar-refractivity contribution < 1.29 is 9.53 Å². The number of anilines is 1. The molecule has 0 spiro atoms. The summed E-state index contributed by atoms with van der Waals surface area (Å²) in [6.45, 7) is 9.61. The third-order valence-electron chi connectivity index (χ3n) is 3.01. The van der Waals surface area contributed by atoms with Crippen molar-refractivity contribution in [3.05, 3.63) is 33.2 Å². The van der Waals surface area contributed by atoms with Gasteiger partial charge in [0.15, 0.2) is 0 Å². The van der Waals surface area contributed by atoms with Gasteiger partial charge in [0.05, 0.1) is 5.69 Å². The second-order valence-electron chi connectivity index (χ2n) is 6.44. The maximum Gasteiger partial charge on any atom is 0.332 e. The van der Waals surface area contributed by atoms with E-state index in [2.05, 4.69) is 39.0 Å². The SMILES string of the molecule is Cc1cc(Oc2nc(Br)cs2)cc(C)c1N(S)C(=O)NC(C)(C)C. The van der Waals surface area contributed by atoms with Gasteiger partial charge in [-0.05, 0) is 73.8 Å². The van der Waals surface area contributed by atoms with E-state index >= 15 is 0 Å². The van der Waals surface area contributed by atoms with E-state index in [1.54, 1.807) is 0 Å². The van der Waals surface area contributed by atoms with Crippen molar-refractivity contribution in [1.29, 1.82) is 0 Å². The zero-order valence-corrected chi connectivity index (χ0v) is 17.5. The summed E-state index contributed by atoms with van der Waals surface area (Å²) in [5, 5.41) is 5.31. The van der Waals surface area contributed by atoms with Gasteiger partial charge < -0.3 is 10.1 Å². The smallest absolute Gasteiger partial charge is 0.332 e. The van der Waals surface area contributed by atoms with E-state index in [0.717, 1.165) is 21.4 Å². The first-order chi connectivity index (χ1) is 11.1. The predicted octanol–water partition coefficient (Wildman–Crippen LogP) is 5.47. The molecule has 2 rings (SSSR count). The van der Waals surface area contributed by atoms with Gasteiger partial charge in [0.1, 0.15) is 10.4 Å². The zero-order chi connectivity index (χ0) is 18.1. The average molecular weight is 430 g/mol. The van der Waals surface area contributed by atoms with Crippen molar-refractivity contribution in [3.63, 3.8) is 0 Å². The van der Waals surface area contributed by atoms with Crippen molar-refractivity contribution in [3.8, 4) is 10.9 Å². The molecule has 0 aliphatic heterocycles. The van der Waals surface area contributed by atoms with Crippen LogP contribution in [0, 0.1) is 13.8 Å². The van der Waals surface area contributed by atoms with Crippen LogP contribution in [0.5, 0.6) is 10.9 Å². The highest BCUT2D eigenvalue weighted by atomic mass is 79.9. The molecule has 0 saturated carbocycles. The van der Waals surface area contributed by atoms with Gasteiger partial charge in [-0.25, -0.2) is 9.10 Å². The van der Waals surface area contributed by atoms with E-state index in [9.17, 15) is 4.79 Å². The van der Waals surface area contributed by atoms with Gasteiger partial charge in [0.25, 0.3) is 5.19 Å². The van der Waals surface area contributed by atoms with Crippen molar-refractivity contribution in [1.82, 2.24) is 10.3 Å². The molecule has 0 aliphatic carbocycles. The number of rotatable bonds is 3. The summed E-state index contributed by atoms with van der Waals surface area (Å²) in [5.41, 5.74) is 2.19. The lowest BCUT2D eigenvalue weighted by Crippen LogP contribution is -2.45. The van der Waals surface area contributed by atoms with Crippen molar-refractivity contribution in [2.45, 2.75) is 40.2 Å². The Balaban J connectivity index is 2.24. The Kier molecular flexibility index (Phi) is 5.83. The van der Waals surface area contributed by atoms with Crippen molar-refractivity contribution >= 4 is 51.8 Å². The molecule has 24 heavy (non-hydrogen) atoms. The summed E-state index contributed by atoms with van der Waals surface area (Å²) < 4.78 is 7.85. The van der Waals surface area contributed by atoms with Crippen LogP contribution in [0.1, 0.15) is 31.9 Å². The van der Waals surface area contributed by atoms with Gasteiger partial charge in [-0.15, -0.1) is 0 Å². The molecule has 0 radical (unpaired) electrons. The first kappa shape index (κ1) is 19.1. The molecular weight excluding hydrogens is 410 g/mol. The van der Waals surface area contributed by atoms with Gasteiger partial charge in [-0.3, -0.25) is 0 Å². The highest BCUT2D eigenvalue weighted by Gasteiger charge is 2.22. The van der Waals surface area contributed by atoms with Crippen LogP contribution in [0.4, 0.5) is 10.5 Å². The number of ether oxygens (including phenoxy) is 1. The number of nitrogens with one attached hydrogen (secondary N) is 1. The molecule has 0 saturated heterocycles. The molecule has 2 aromatic rings. The summed E-state index contributed by atoms with van der Waals surface area (Å²) in [6.07, 6.45) is 0. The third kappa shape index (κ3) is 4.87. The Labute approximate surface area is 160 Å². The minimum atomic E-state index is -0.332. The number of aryl methyl sites for hydroxylation is 2. The number of benzene rings is 1. The molecule has 2 amide bonds. The highest BCUT2D eigenvalue weighted by Crippen LogP contribution is 2.34. The number of carbonyl (C=O) groups excluding carboxylic acids is 1. The molecule has 0 aliphatic rings. The van der Waals surface area contributed by atoms with Gasteiger partial charge in [0, 0.05) is 10.9 Å². The summed E-state index contributed by atoms with van der Waals surface area (Å²) in [6, 6.07) is 3.46. The molecule has 1 N–H and O–H groups in total. The first-order valence-corrected chi connectivity index (χ1v) is 9.35. The van der Waals surface area contributed by atoms with Gasteiger partial charge in [-0.1, -0.05) is 24.2 Å². The Morgan fingerprint density at radius 2 is 1.92 bits per heavy atom. The summed E-state index contributed by atoms with van der Waals surface area (Å²) >= 11 is 9.08. The standard InChI is InChI=1S/C16H20BrN3O2S2/c1-9-6-11(22-15-18-12(17)8-24-15)7-10(2)13(9)20(23)14(21)19-16(3,4)5/h6-8,23H,1-5H3,(H,19,21). The summed E-state index contributed by atoms with van der Waals surface area (Å²) in [7, 11) is 0. The van der Waals surface area contributed by atoms with E-state index in [1.807, 2.05) is 52.1 Å². The number of amides is 2. The average Bonchev–Trinajstić information content (AvgIpc) is 2.81. The molecule has 1 heterocycles. The molecule has 0 unspecified atom stereocenters. The lowest BCUT2D eigenvalue weighted by atomic mass is 10.1. The van der Waals surface area contributed by atoms with E-state index in [4.69, 9.17) is 4.74 Å². The largest absolute Gasteiger partial charge is 0.431 e. The monoisotopic (exact) mass is 429 g/mol. The maximum absolute atomic E-state index is 12.3. The fourth-order valence-corrected chi connectivity index (χ4v) is 3.64. The molecular formula is C16H20BrN3O2S2. The van der Waals surface area contributed by atoms with Gasteiger partial charge in [0.2, 0.25) is 0 Å². The normalized spacial score (nSPS) is 11.3. The number of urea groups is 1. The molecule has 1 aromatic heterocycles. The third-order valence-corrected chi connectivity index (χ3v) is 4.82. The zero-order valence-electron chi connectivity index (χ0n) is 14.2. The molecule has 8 heteroatoms. The number of aromatic nitrogens is 1. The Bertz CT molecular complexity index is 733. The maximum atomic E-state index is 12.3. The van der Waals surface area contributed by atoms with E-state index in [-0.39, 0.29) is 11.6 Å². The lowest BCUT2D eigenvalue weighted by Gasteiger charge is -2.27. The first-order valence-electron chi connectivity index (χ1n) is 7.28. The highest BCUT2D eigenvalue weighted by molar-refractivity contribution is 9.10. The van der Waals surface area contributed by atoms with Gasteiger partial charge in [-0.2, -0.15) is 4.98 Å². The van der Waals surface area contributed by atoms with E-state index in [1.165, 1.54) is 15.6 Å². The number of thiol groups is 1. The topological polar surface area (TPSA) is 54.5 Å². The quantitative estimate of drug-likeness (QED) is 0.635. The Morgan fingerprint density at radius 3 is 2.38 bits per heavy atom. The number of halogens is 1. The molecule has 0 bridgehead atoms. The number of hydrogen-bond donors (Lipinski definition) is 2. The minimum absolute atomic E-state index is 0.269. The van der Waals surface area contributed by atoms with Crippen molar-refractivity contribution in [2.24, 2.45) is 0 Å². The van der Waals surface area contributed by atoms with Crippen LogP contribution in [0.15, 0.2) is 22.1 Å². The second kappa shape index (κ2) is 7.33. The molecule has 5 nitrogen and oxygen atoms in total. The fourth-order valence-electron chi connectivity index (χ4n) is 2.17. The van der Waals surface area contributed by atoms with Crippen LogP contribution in [-0.2, 0) is 0 Å². The molecule has 130 valence electrons. The number of nitrogens with zero attached hydrogens (tertiary/aromatic N) is 2.